The summed E-state index contributed by atoms with van der Waals surface area (Å²) in [6.45, 7) is 0. The van der Waals surface area contributed by atoms with Crippen molar-refractivity contribution in [3.05, 3.63) is 59.9 Å². The molecule has 0 atom stereocenters. The van der Waals surface area contributed by atoms with Gasteiger partial charge in [0.15, 0.2) is 9.84 Å². The van der Waals surface area contributed by atoms with E-state index in [1.165, 1.54) is 7.11 Å². The van der Waals surface area contributed by atoms with Crippen molar-refractivity contribution in [2.75, 3.05) is 23.9 Å². The molecule has 2 aromatic rings. The molecule has 7 heteroatoms. The van der Waals surface area contributed by atoms with Crippen molar-refractivity contribution in [3.8, 4) is 0 Å². The van der Waals surface area contributed by atoms with E-state index in [0.29, 0.717) is 28.3 Å². The summed E-state index contributed by atoms with van der Waals surface area (Å²) in [6, 6.07) is 13.3. The average Bonchev–Trinajstić information content (AvgIpc) is 2.92. The van der Waals surface area contributed by atoms with Crippen LogP contribution in [0.2, 0.25) is 0 Å². The van der Waals surface area contributed by atoms with Crippen LogP contribution in [-0.4, -0.2) is 27.2 Å². The van der Waals surface area contributed by atoms with Crippen LogP contribution in [0.5, 0.6) is 0 Å². The number of rotatable bonds is 5. The fourth-order valence-electron chi connectivity index (χ4n) is 2.76. The van der Waals surface area contributed by atoms with Gasteiger partial charge in [0.25, 0.3) is 5.91 Å². The largest absolute Gasteiger partial charge is 0.500 e. The number of carbonyl (C=O) groups is 1. The number of benzene rings is 2. The molecule has 0 saturated heterocycles. The van der Waals surface area contributed by atoms with E-state index in [1.54, 1.807) is 48.5 Å². The van der Waals surface area contributed by atoms with Crippen LogP contribution in [0.1, 0.15) is 12.0 Å². The van der Waals surface area contributed by atoms with E-state index >= 15 is 0 Å². The van der Waals surface area contributed by atoms with E-state index in [1.807, 2.05) is 0 Å². The number of amides is 1. The molecule has 6 nitrogen and oxygen atoms in total. The summed E-state index contributed by atoms with van der Waals surface area (Å²) in [5.74, 6) is -0.162. The molecule has 130 valence electrons. The van der Waals surface area contributed by atoms with Crippen molar-refractivity contribution < 1.29 is 17.9 Å². The normalized spacial score (nSPS) is 15.5. The van der Waals surface area contributed by atoms with Crippen molar-refractivity contribution in [3.63, 3.8) is 0 Å². The van der Waals surface area contributed by atoms with Gasteiger partial charge in [-0.3, -0.25) is 4.79 Å². The maximum atomic E-state index is 12.4. The van der Waals surface area contributed by atoms with Crippen molar-refractivity contribution >= 4 is 32.7 Å². The second kappa shape index (κ2) is 6.60. The van der Waals surface area contributed by atoms with Crippen molar-refractivity contribution in [1.29, 1.82) is 0 Å². The third-order valence-corrected chi connectivity index (χ3v) is 5.75. The number of fused-ring (bicyclic) bond motifs is 1. The number of allylic oxidation sites excluding steroid dienone is 1. The molecule has 0 radical (unpaired) electrons. The molecule has 0 aromatic heterocycles. The number of anilines is 2. The Labute approximate surface area is 146 Å². The molecule has 2 aromatic carbocycles. The summed E-state index contributed by atoms with van der Waals surface area (Å²) >= 11 is 0. The van der Waals surface area contributed by atoms with Gasteiger partial charge in [-0.2, -0.15) is 0 Å². The highest BCUT2D eigenvalue weighted by Crippen LogP contribution is 2.36. The Bertz CT molecular complexity index is 950. The molecule has 0 unspecified atom stereocenters. The number of nitrogens with one attached hydrogen (secondary N) is 1. The molecule has 3 rings (SSSR count). The molecule has 0 bridgehead atoms. The first kappa shape index (κ1) is 17.0. The van der Waals surface area contributed by atoms with E-state index < -0.39 is 9.84 Å². The van der Waals surface area contributed by atoms with Gasteiger partial charge in [0, 0.05) is 23.4 Å². The number of nitrogen functional groups attached to an aromatic ring is 1. The van der Waals surface area contributed by atoms with Gasteiger partial charge in [0.1, 0.15) is 5.76 Å². The summed E-state index contributed by atoms with van der Waals surface area (Å²) in [6.07, 6.45) is 0.0880. The number of sulfone groups is 1. The fourth-order valence-corrected chi connectivity index (χ4v) is 4.03. The third-order valence-electron chi connectivity index (χ3n) is 4.01. The lowest BCUT2D eigenvalue weighted by molar-refractivity contribution is -0.111. The van der Waals surface area contributed by atoms with Gasteiger partial charge in [0.2, 0.25) is 0 Å². The monoisotopic (exact) mass is 358 g/mol. The van der Waals surface area contributed by atoms with Crippen LogP contribution in [-0.2, 0) is 19.4 Å². The Morgan fingerprint density at radius 3 is 2.56 bits per heavy atom. The number of ether oxygens (including phenoxy) is 1. The van der Waals surface area contributed by atoms with Gasteiger partial charge in [0.05, 0.1) is 23.3 Å². The molecule has 1 aliphatic rings. The number of hydrogen-bond acceptors (Lipinski definition) is 5. The summed E-state index contributed by atoms with van der Waals surface area (Å²) in [4.78, 5) is 12.5. The predicted molar refractivity (Wildman–Crippen MR) is 96.5 cm³/mol. The maximum absolute atomic E-state index is 12.4. The molecule has 1 heterocycles. The van der Waals surface area contributed by atoms with Gasteiger partial charge in [-0.05, 0) is 30.3 Å². The minimum Gasteiger partial charge on any atom is -0.500 e. The van der Waals surface area contributed by atoms with Crippen molar-refractivity contribution in [2.24, 2.45) is 0 Å². The summed E-state index contributed by atoms with van der Waals surface area (Å²) in [5, 5.41) is 2.74. The van der Waals surface area contributed by atoms with Gasteiger partial charge in [-0.1, -0.05) is 18.2 Å². The van der Waals surface area contributed by atoms with Crippen LogP contribution in [0.25, 0.3) is 5.57 Å². The van der Waals surface area contributed by atoms with E-state index in [0.717, 1.165) is 0 Å². The zero-order chi connectivity index (χ0) is 18.0. The molecule has 3 N–H and O–H groups in total. The lowest BCUT2D eigenvalue weighted by Gasteiger charge is -2.10. The van der Waals surface area contributed by atoms with E-state index in [-0.39, 0.29) is 23.0 Å². The van der Waals surface area contributed by atoms with E-state index in [2.05, 4.69) is 5.32 Å². The Morgan fingerprint density at radius 2 is 1.88 bits per heavy atom. The standard InChI is InChI=1S/C18H18N2O4S/c1-24-16(9-10-25(22,23)13-5-3-2-4-6-13)17-14-11-12(19)7-8-15(14)20-18(17)21/h2-8,11H,9-10,19H2,1H3,(H,20,21)/b17-16-. The summed E-state index contributed by atoms with van der Waals surface area (Å²) < 4.78 is 30.2. The Kier molecular flexibility index (Phi) is 4.50. The van der Waals surface area contributed by atoms with E-state index in [9.17, 15) is 13.2 Å². The molecule has 0 saturated carbocycles. The molecule has 0 fully saturated rings. The lowest BCUT2D eigenvalue weighted by atomic mass is 10.0. The first-order valence-corrected chi connectivity index (χ1v) is 9.34. The Hall–Kier alpha value is -2.80. The van der Waals surface area contributed by atoms with Crippen LogP contribution < -0.4 is 11.1 Å². The number of nitrogens with two attached hydrogens (primary N) is 1. The molecule has 25 heavy (non-hydrogen) atoms. The Balaban J connectivity index is 1.92. The molecule has 0 spiro atoms. The number of methoxy groups -OCH3 is 1. The lowest BCUT2D eigenvalue weighted by Crippen LogP contribution is -2.11. The van der Waals surface area contributed by atoms with Crippen LogP contribution in [0.3, 0.4) is 0 Å². The first-order chi connectivity index (χ1) is 11.9. The average molecular weight is 358 g/mol. The fraction of sp³-hybridized carbons (Fsp3) is 0.167. The second-order valence-corrected chi connectivity index (χ2v) is 7.75. The van der Waals surface area contributed by atoms with Gasteiger partial charge in [-0.15, -0.1) is 0 Å². The molecule has 1 amide bonds. The SMILES string of the molecule is CO/C(CCS(=O)(=O)c1ccccc1)=C1\C(=O)Nc2ccc(N)cc21. The minimum atomic E-state index is -3.47. The highest BCUT2D eigenvalue weighted by Gasteiger charge is 2.29. The van der Waals surface area contributed by atoms with E-state index in [4.69, 9.17) is 10.5 Å². The quantitative estimate of drug-likeness (QED) is 0.486. The highest BCUT2D eigenvalue weighted by molar-refractivity contribution is 7.91. The van der Waals surface area contributed by atoms with Crippen molar-refractivity contribution in [2.45, 2.75) is 11.3 Å². The zero-order valence-electron chi connectivity index (χ0n) is 13.7. The van der Waals surface area contributed by atoms with Crippen LogP contribution >= 0.6 is 0 Å². The van der Waals surface area contributed by atoms with Crippen molar-refractivity contribution in [1.82, 2.24) is 0 Å². The number of hydrogen-bond donors (Lipinski definition) is 2. The number of carbonyl (C=O) groups excluding carboxylic acids is 1. The van der Waals surface area contributed by atoms with Crippen LogP contribution in [0, 0.1) is 0 Å². The molecular weight excluding hydrogens is 340 g/mol. The molecular formula is C18H18N2O4S. The van der Waals surface area contributed by atoms with Gasteiger partial charge in [-0.25, -0.2) is 8.42 Å². The van der Waals surface area contributed by atoms with Crippen LogP contribution in [0.15, 0.2) is 59.2 Å². The first-order valence-electron chi connectivity index (χ1n) is 7.68. The summed E-state index contributed by atoms with van der Waals surface area (Å²) in [5.41, 5.74) is 7.90. The smallest absolute Gasteiger partial charge is 0.259 e. The minimum absolute atomic E-state index is 0.0880. The maximum Gasteiger partial charge on any atom is 0.259 e. The topological polar surface area (TPSA) is 98.5 Å². The molecule has 1 aliphatic heterocycles. The molecule has 0 aliphatic carbocycles. The van der Waals surface area contributed by atoms with Gasteiger partial charge < -0.3 is 15.8 Å². The zero-order valence-corrected chi connectivity index (χ0v) is 14.5. The Morgan fingerprint density at radius 1 is 1.16 bits per heavy atom. The highest BCUT2D eigenvalue weighted by atomic mass is 32.2. The second-order valence-electron chi connectivity index (χ2n) is 5.64. The summed E-state index contributed by atoms with van der Waals surface area (Å²) in [7, 11) is -2.04. The predicted octanol–water partition coefficient (Wildman–Crippen LogP) is 2.44. The van der Waals surface area contributed by atoms with Gasteiger partial charge >= 0.3 is 0 Å². The van der Waals surface area contributed by atoms with Crippen LogP contribution in [0.4, 0.5) is 11.4 Å². The third kappa shape index (κ3) is 3.36.